The summed E-state index contributed by atoms with van der Waals surface area (Å²) >= 11 is 3.44. The van der Waals surface area contributed by atoms with Gasteiger partial charge in [0.25, 0.3) is 5.69 Å². The Bertz CT molecular complexity index is 954. The number of pyridine rings is 1. The van der Waals surface area contributed by atoms with Gasteiger partial charge in [0.1, 0.15) is 5.75 Å². The highest BCUT2D eigenvalue weighted by atomic mass is 79.9. The summed E-state index contributed by atoms with van der Waals surface area (Å²) in [6, 6.07) is 14.1. The Morgan fingerprint density at radius 1 is 1.17 bits per heavy atom. The molecule has 6 heteroatoms. The molecule has 3 rings (SSSR count). The molecule has 0 radical (unpaired) electrons. The first kappa shape index (κ1) is 16.1. The molecule has 0 N–H and O–H groups in total. The molecule has 0 unspecified atom stereocenters. The topological polar surface area (TPSA) is 65.3 Å². The van der Waals surface area contributed by atoms with Crippen LogP contribution in [0.15, 0.2) is 53.0 Å². The van der Waals surface area contributed by atoms with Crippen molar-refractivity contribution in [1.29, 1.82) is 0 Å². The Hall–Kier alpha value is -2.73. The normalized spacial score (nSPS) is 11.1. The van der Waals surface area contributed by atoms with Crippen LogP contribution in [0.5, 0.6) is 5.75 Å². The predicted octanol–water partition coefficient (Wildman–Crippen LogP) is 5.08. The van der Waals surface area contributed by atoms with Gasteiger partial charge in [0.05, 0.1) is 28.6 Å². The van der Waals surface area contributed by atoms with E-state index >= 15 is 0 Å². The van der Waals surface area contributed by atoms with Crippen molar-refractivity contribution < 1.29 is 9.66 Å². The molecule has 1 heterocycles. The number of nitro benzene ring substituents is 1. The van der Waals surface area contributed by atoms with Gasteiger partial charge in [-0.3, -0.25) is 10.1 Å². The third-order valence-electron chi connectivity index (χ3n) is 3.55. The molecule has 0 aliphatic carbocycles. The van der Waals surface area contributed by atoms with Gasteiger partial charge < -0.3 is 4.74 Å². The van der Waals surface area contributed by atoms with E-state index in [1.807, 2.05) is 30.4 Å². The number of nitro groups is 1. The van der Waals surface area contributed by atoms with Gasteiger partial charge in [-0.05, 0) is 48.6 Å². The van der Waals surface area contributed by atoms with Crippen molar-refractivity contribution in [2.45, 2.75) is 0 Å². The average Bonchev–Trinajstić information content (AvgIpc) is 2.59. The molecule has 0 aliphatic heterocycles. The Morgan fingerprint density at radius 3 is 2.75 bits per heavy atom. The molecular weight excluding hydrogens is 372 g/mol. The summed E-state index contributed by atoms with van der Waals surface area (Å²) in [5.74, 6) is 0.755. The Labute approximate surface area is 146 Å². The monoisotopic (exact) mass is 384 g/mol. The molecule has 0 saturated carbocycles. The van der Waals surface area contributed by atoms with Gasteiger partial charge in [-0.1, -0.05) is 22.0 Å². The van der Waals surface area contributed by atoms with E-state index in [9.17, 15) is 10.1 Å². The van der Waals surface area contributed by atoms with Crippen molar-refractivity contribution in [3.63, 3.8) is 0 Å². The van der Waals surface area contributed by atoms with Crippen molar-refractivity contribution in [3.8, 4) is 5.75 Å². The maximum absolute atomic E-state index is 11.1. The van der Waals surface area contributed by atoms with E-state index in [0.717, 1.165) is 15.8 Å². The number of benzene rings is 2. The van der Waals surface area contributed by atoms with E-state index in [0.29, 0.717) is 16.6 Å². The molecule has 0 amide bonds. The lowest BCUT2D eigenvalue weighted by Crippen LogP contribution is -1.91. The number of hydrogen-bond acceptors (Lipinski definition) is 4. The van der Waals surface area contributed by atoms with Crippen LogP contribution in [0.2, 0.25) is 0 Å². The second kappa shape index (κ2) is 6.80. The van der Waals surface area contributed by atoms with Crippen molar-refractivity contribution >= 4 is 44.7 Å². The lowest BCUT2D eigenvalue weighted by molar-refractivity contribution is -0.383. The van der Waals surface area contributed by atoms with E-state index in [1.165, 1.54) is 6.07 Å². The Morgan fingerprint density at radius 2 is 2.00 bits per heavy atom. The smallest absolute Gasteiger partial charge is 0.278 e. The van der Waals surface area contributed by atoms with Crippen LogP contribution in [0.4, 0.5) is 5.69 Å². The van der Waals surface area contributed by atoms with Crippen molar-refractivity contribution in [2.75, 3.05) is 7.11 Å². The maximum atomic E-state index is 11.1. The molecule has 24 heavy (non-hydrogen) atoms. The molecule has 0 bridgehead atoms. The average molecular weight is 385 g/mol. The number of aromatic nitrogens is 1. The van der Waals surface area contributed by atoms with Crippen LogP contribution in [0, 0.1) is 10.1 Å². The number of hydrogen-bond donors (Lipinski definition) is 0. The van der Waals surface area contributed by atoms with E-state index in [-0.39, 0.29) is 5.69 Å². The highest BCUT2D eigenvalue weighted by Gasteiger charge is 2.11. The molecule has 3 aromatic rings. The number of halogens is 1. The number of fused-ring (bicyclic) bond motifs is 1. The fourth-order valence-electron chi connectivity index (χ4n) is 2.42. The van der Waals surface area contributed by atoms with E-state index in [1.54, 1.807) is 31.4 Å². The van der Waals surface area contributed by atoms with E-state index < -0.39 is 4.92 Å². The minimum absolute atomic E-state index is 0.0594. The summed E-state index contributed by atoms with van der Waals surface area (Å²) < 4.78 is 6.28. The van der Waals surface area contributed by atoms with Crippen molar-refractivity contribution in [3.05, 3.63) is 74.4 Å². The van der Waals surface area contributed by atoms with Crippen LogP contribution in [0.25, 0.3) is 23.1 Å². The van der Waals surface area contributed by atoms with Gasteiger partial charge in [-0.25, -0.2) is 4.98 Å². The number of rotatable bonds is 4. The number of non-ortho nitro benzene ring substituents is 1. The minimum Gasteiger partial charge on any atom is -0.496 e. The third-order valence-corrected chi connectivity index (χ3v) is 4.05. The van der Waals surface area contributed by atoms with Gasteiger partial charge in [0.15, 0.2) is 0 Å². The lowest BCUT2D eigenvalue weighted by atomic mass is 10.1. The van der Waals surface area contributed by atoms with Crippen LogP contribution in [0.1, 0.15) is 11.3 Å². The van der Waals surface area contributed by atoms with E-state index in [2.05, 4.69) is 20.9 Å². The lowest BCUT2D eigenvalue weighted by Gasteiger charge is -2.05. The standard InChI is InChI=1S/C18H13BrN2O3/c1-24-18-10-6-13(19)11-12(18)5-7-14-8-9-15-16(20-14)3-2-4-17(15)21(22)23/h2-11H,1H3/b7-5+. The van der Waals surface area contributed by atoms with Crippen LogP contribution in [-0.2, 0) is 0 Å². The summed E-state index contributed by atoms with van der Waals surface area (Å²) in [7, 11) is 1.62. The number of nitrogens with zero attached hydrogens (tertiary/aromatic N) is 2. The fourth-order valence-corrected chi connectivity index (χ4v) is 2.80. The van der Waals surface area contributed by atoms with Crippen molar-refractivity contribution in [2.24, 2.45) is 0 Å². The first-order chi connectivity index (χ1) is 11.6. The van der Waals surface area contributed by atoms with Gasteiger partial charge in [-0.2, -0.15) is 0 Å². The first-order valence-electron chi connectivity index (χ1n) is 7.14. The summed E-state index contributed by atoms with van der Waals surface area (Å²) in [5, 5.41) is 11.6. The van der Waals surface area contributed by atoms with Gasteiger partial charge in [-0.15, -0.1) is 0 Å². The summed E-state index contributed by atoms with van der Waals surface area (Å²) in [5.41, 5.74) is 2.27. The number of ether oxygens (including phenoxy) is 1. The zero-order valence-electron chi connectivity index (χ0n) is 12.8. The molecule has 1 aromatic heterocycles. The summed E-state index contributed by atoms with van der Waals surface area (Å²) in [4.78, 5) is 15.1. The molecular formula is C18H13BrN2O3. The van der Waals surface area contributed by atoms with Crippen LogP contribution in [0.3, 0.4) is 0 Å². The highest BCUT2D eigenvalue weighted by molar-refractivity contribution is 9.10. The molecule has 0 saturated heterocycles. The van der Waals surface area contributed by atoms with E-state index in [4.69, 9.17) is 4.74 Å². The van der Waals surface area contributed by atoms with Gasteiger partial charge in [0, 0.05) is 16.1 Å². The maximum Gasteiger partial charge on any atom is 0.278 e. The molecule has 5 nitrogen and oxygen atoms in total. The Kier molecular flexibility index (Phi) is 4.57. The molecule has 0 fully saturated rings. The predicted molar refractivity (Wildman–Crippen MR) is 98.0 cm³/mol. The minimum atomic E-state index is -0.397. The molecule has 0 atom stereocenters. The zero-order valence-corrected chi connectivity index (χ0v) is 14.4. The quantitative estimate of drug-likeness (QED) is 0.464. The second-order valence-corrected chi connectivity index (χ2v) is 5.97. The third kappa shape index (κ3) is 3.28. The fraction of sp³-hybridized carbons (Fsp3) is 0.0556. The molecule has 0 aliphatic rings. The van der Waals surface area contributed by atoms with Gasteiger partial charge in [0.2, 0.25) is 0 Å². The van der Waals surface area contributed by atoms with Crippen LogP contribution in [-0.4, -0.2) is 17.0 Å². The molecule has 2 aromatic carbocycles. The molecule has 0 spiro atoms. The SMILES string of the molecule is COc1ccc(Br)cc1/C=C/c1ccc2c([N+](=O)[O-])cccc2n1. The summed E-state index contributed by atoms with van der Waals surface area (Å²) in [6.45, 7) is 0. The second-order valence-electron chi connectivity index (χ2n) is 5.06. The number of methoxy groups -OCH3 is 1. The van der Waals surface area contributed by atoms with Gasteiger partial charge >= 0.3 is 0 Å². The van der Waals surface area contributed by atoms with Crippen molar-refractivity contribution in [1.82, 2.24) is 4.98 Å². The zero-order chi connectivity index (χ0) is 17.1. The molecule has 120 valence electrons. The van der Waals surface area contributed by atoms with Crippen LogP contribution < -0.4 is 4.74 Å². The van der Waals surface area contributed by atoms with Crippen LogP contribution >= 0.6 is 15.9 Å². The highest BCUT2D eigenvalue weighted by Crippen LogP contribution is 2.26. The largest absolute Gasteiger partial charge is 0.496 e. The summed E-state index contributed by atoms with van der Waals surface area (Å²) in [6.07, 6.45) is 3.75. The first-order valence-corrected chi connectivity index (χ1v) is 7.93. The Balaban J connectivity index is 1.99.